The Morgan fingerprint density at radius 1 is 1.08 bits per heavy atom. The van der Waals surface area contributed by atoms with Gasteiger partial charge in [-0.2, -0.15) is 0 Å². The number of hydrogen-bond donors (Lipinski definition) is 0. The Bertz CT molecular complexity index is 254. The molecule has 0 nitrogen and oxygen atoms in total. The van der Waals surface area contributed by atoms with Gasteiger partial charge in [0.1, 0.15) is 5.82 Å². The van der Waals surface area contributed by atoms with Crippen LogP contribution >= 0.6 is 46.6 Å². The lowest BCUT2D eigenvalue weighted by Crippen LogP contribution is -1.92. The van der Waals surface area contributed by atoms with E-state index in [0.717, 1.165) is 16.7 Å². The second-order valence-electron chi connectivity index (χ2n) is 2.00. The molecule has 5 heteroatoms. The number of thioether (sulfide) groups is 1. The zero-order valence-electron chi connectivity index (χ0n) is 5.73. The molecule has 0 amide bonds. The van der Waals surface area contributed by atoms with Crippen LogP contribution in [0.1, 0.15) is 0 Å². The highest BCUT2D eigenvalue weighted by Gasteiger charge is 2.20. The summed E-state index contributed by atoms with van der Waals surface area (Å²) in [5.74, 6) is -0.302. The Morgan fingerprint density at radius 3 is 2.00 bits per heavy atom. The van der Waals surface area contributed by atoms with E-state index in [0.29, 0.717) is 0 Å². The van der Waals surface area contributed by atoms with Crippen molar-refractivity contribution >= 4 is 46.6 Å². The van der Waals surface area contributed by atoms with Gasteiger partial charge < -0.3 is 0 Å². The topological polar surface area (TPSA) is 0 Å². The number of rotatable bonds is 1. The van der Waals surface area contributed by atoms with Crippen molar-refractivity contribution in [3.05, 3.63) is 30.1 Å². The molecule has 0 unspecified atom stereocenters. The van der Waals surface area contributed by atoms with Crippen molar-refractivity contribution in [2.75, 3.05) is 0 Å². The first-order valence-corrected chi connectivity index (χ1v) is 4.94. The van der Waals surface area contributed by atoms with Crippen LogP contribution in [0, 0.1) is 5.82 Å². The van der Waals surface area contributed by atoms with E-state index >= 15 is 0 Å². The predicted octanol–water partition coefficient (Wildman–Crippen LogP) is 4.25. The molecule has 0 aliphatic rings. The fourth-order valence-electron chi connectivity index (χ4n) is 0.636. The van der Waals surface area contributed by atoms with E-state index in [1.165, 1.54) is 12.1 Å². The van der Waals surface area contributed by atoms with Gasteiger partial charge in [0.2, 0.25) is 3.12 Å². The summed E-state index contributed by atoms with van der Waals surface area (Å²) in [6.45, 7) is 0. The highest BCUT2D eigenvalue weighted by molar-refractivity contribution is 8.04. The number of halogens is 4. The SMILES string of the molecule is Fc1ccc(SC(Cl)(Cl)Cl)cc1. The molecule has 12 heavy (non-hydrogen) atoms. The van der Waals surface area contributed by atoms with Gasteiger partial charge in [-0.15, -0.1) is 0 Å². The van der Waals surface area contributed by atoms with Gasteiger partial charge in [-0.3, -0.25) is 0 Å². The van der Waals surface area contributed by atoms with E-state index in [1.54, 1.807) is 12.1 Å². The van der Waals surface area contributed by atoms with Gasteiger partial charge in [-0.05, 0) is 24.3 Å². The van der Waals surface area contributed by atoms with Gasteiger partial charge in [0, 0.05) is 4.90 Å². The molecule has 0 N–H and O–H groups in total. The molecule has 0 atom stereocenters. The molecule has 0 bridgehead atoms. The van der Waals surface area contributed by atoms with E-state index < -0.39 is 3.12 Å². The summed E-state index contributed by atoms with van der Waals surface area (Å²) in [5, 5.41) is 0. The zero-order valence-corrected chi connectivity index (χ0v) is 8.81. The van der Waals surface area contributed by atoms with E-state index in [4.69, 9.17) is 34.8 Å². The predicted molar refractivity (Wildman–Crippen MR) is 52.5 cm³/mol. The monoisotopic (exact) mass is 244 g/mol. The van der Waals surface area contributed by atoms with Crippen molar-refractivity contribution in [2.45, 2.75) is 8.02 Å². The lowest BCUT2D eigenvalue weighted by atomic mass is 10.4. The molecule has 0 spiro atoms. The van der Waals surface area contributed by atoms with Gasteiger partial charge >= 0.3 is 0 Å². The second-order valence-corrected chi connectivity index (χ2v) is 6.24. The van der Waals surface area contributed by atoms with Crippen molar-refractivity contribution in [3.63, 3.8) is 0 Å². The van der Waals surface area contributed by atoms with Crippen LogP contribution in [0.2, 0.25) is 0 Å². The number of alkyl halides is 3. The summed E-state index contributed by atoms with van der Waals surface area (Å²) in [5.41, 5.74) is 0. The van der Waals surface area contributed by atoms with Crippen molar-refractivity contribution in [3.8, 4) is 0 Å². The summed E-state index contributed by atoms with van der Waals surface area (Å²) < 4.78 is 11.0. The molecule has 0 saturated heterocycles. The average molecular weight is 246 g/mol. The largest absolute Gasteiger partial charge is 0.241 e. The van der Waals surface area contributed by atoms with Crippen LogP contribution in [0.4, 0.5) is 4.39 Å². The van der Waals surface area contributed by atoms with Crippen LogP contribution in [-0.4, -0.2) is 3.12 Å². The number of benzene rings is 1. The van der Waals surface area contributed by atoms with Crippen LogP contribution in [-0.2, 0) is 0 Å². The third kappa shape index (κ3) is 3.85. The Kier molecular flexibility index (Phi) is 3.53. The van der Waals surface area contributed by atoms with Gasteiger partial charge in [0.05, 0.1) is 0 Å². The fraction of sp³-hybridized carbons (Fsp3) is 0.143. The zero-order chi connectivity index (χ0) is 9.19. The second kappa shape index (κ2) is 4.05. The molecule has 0 fully saturated rings. The molecule has 0 aliphatic carbocycles. The first kappa shape index (κ1) is 10.5. The minimum atomic E-state index is -1.39. The Labute approximate surface area is 89.0 Å². The Hall–Kier alpha value is 0.370. The quantitative estimate of drug-likeness (QED) is 0.527. The smallest absolute Gasteiger partial charge is 0.207 e. The van der Waals surface area contributed by atoms with E-state index in [1.807, 2.05) is 0 Å². The molecule has 1 aromatic carbocycles. The van der Waals surface area contributed by atoms with Gasteiger partial charge in [-0.1, -0.05) is 46.6 Å². The number of hydrogen-bond acceptors (Lipinski definition) is 1. The van der Waals surface area contributed by atoms with Gasteiger partial charge in [-0.25, -0.2) is 4.39 Å². The minimum Gasteiger partial charge on any atom is -0.207 e. The molecular weight excluding hydrogens is 242 g/mol. The van der Waals surface area contributed by atoms with Crippen molar-refractivity contribution in [1.82, 2.24) is 0 Å². The third-order valence-electron chi connectivity index (χ3n) is 1.05. The van der Waals surface area contributed by atoms with Crippen LogP contribution < -0.4 is 0 Å². The molecule has 0 radical (unpaired) electrons. The van der Waals surface area contributed by atoms with E-state index in [-0.39, 0.29) is 5.82 Å². The highest BCUT2D eigenvalue weighted by Crippen LogP contribution is 2.43. The maximum Gasteiger partial charge on any atom is 0.241 e. The van der Waals surface area contributed by atoms with Crippen molar-refractivity contribution in [1.29, 1.82) is 0 Å². The van der Waals surface area contributed by atoms with Crippen LogP contribution in [0.5, 0.6) is 0 Å². The lowest BCUT2D eigenvalue weighted by molar-refractivity contribution is 0.626. The molecule has 1 rings (SSSR count). The average Bonchev–Trinajstić information content (AvgIpc) is 1.91. The highest BCUT2D eigenvalue weighted by atomic mass is 35.6. The maximum absolute atomic E-state index is 12.4. The minimum absolute atomic E-state index is 0.302. The molecule has 0 saturated carbocycles. The molecule has 1 aromatic rings. The molecule has 0 aliphatic heterocycles. The normalized spacial score (nSPS) is 11.7. The van der Waals surface area contributed by atoms with Crippen molar-refractivity contribution in [2.24, 2.45) is 0 Å². The third-order valence-corrected chi connectivity index (χ3v) is 2.48. The molecule has 0 heterocycles. The lowest BCUT2D eigenvalue weighted by Gasteiger charge is -2.08. The first-order chi connectivity index (χ1) is 5.47. The van der Waals surface area contributed by atoms with Crippen LogP contribution in [0.3, 0.4) is 0 Å². The van der Waals surface area contributed by atoms with E-state index in [2.05, 4.69) is 0 Å². The summed E-state index contributed by atoms with van der Waals surface area (Å²) >= 11 is 17.6. The first-order valence-electron chi connectivity index (χ1n) is 2.99. The summed E-state index contributed by atoms with van der Waals surface area (Å²) in [6, 6.07) is 5.75. The van der Waals surface area contributed by atoms with E-state index in [9.17, 15) is 4.39 Å². The van der Waals surface area contributed by atoms with Crippen LogP contribution in [0.25, 0.3) is 0 Å². The summed E-state index contributed by atoms with van der Waals surface area (Å²) in [7, 11) is 0. The summed E-state index contributed by atoms with van der Waals surface area (Å²) in [4.78, 5) is 0.719. The Morgan fingerprint density at radius 2 is 1.58 bits per heavy atom. The standard InChI is InChI=1S/C7H4Cl3FS/c8-7(9,10)12-6-3-1-5(11)2-4-6/h1-4H. The summed E-state index contributed by atoms with van der Waals surface area (Å²) in [6.07, 6.45) is 0. The van der Waals surface area contributed by atoms with Gasteiger partial charge in [0.25, 0.3) is 0 Å². The fourth-order valence-corrected chi connectivity index (χ4v) is 1.98. The van der Waals surface area contributed by atoms with Crippen LogP contribution in [0.15, 0.2) is 29.2 Å². The molecular formula is C7H4Cl3FS. The Balaban J connectivity index is 2.71. The molecule has 66 valence electrons. The maximum atomic E-state index is 12.4. The van der Waals surface area contributed by atoms with Crippen molar-refractivity contribution < 1.29 is 4.39 Å². The van der Waals surface area contributed by atoms with Gasteiger partial charge in [0.15, 0.2) is 0 Å². The molecule has 0 aromatic heterocycles.